The summed E-state index contributed by atoms with van der Waals surface area (Å²) in [7, 11) is 0. The van der Waals surface area contributed by atoms with E-state index in [1.807, 2.05) is 18.2 Å². The molecule has 1 saturated heterocycles. The largest absolute Gasteiger partial charge is 0.488 e. The molecule has 0 spiro atoms. The van der Waals surface area contributed by atoms with Gasteiger partial charge in [-0.05, 0) is 31.4 Å². The second-order valence-corrected chi connectivity index (χ2v) is 4.23. The van der Waals surface area contributed by atoms with Crippen molar-refractivity contribution < 1.29 is 4.74 Å². The van der Waals surface area contributed by atoms with Gasteiger partial charge in [-0.25, -0.2) is 0 Å². The lowest BCUT2D eigenvalue weighted by Crippen LogP contribution is -2.19. The first kappa shape index (κ1) is 9.87. The fourth-order valence-electron chi connectivity index (χ4n) is 1.62. The molecule has 0 saturated carbocycles. The smallest absolute Gasteiger partial charge is 0.133 e. The van der Waals surface area contributed by atoms with Gasteiger partial charge in [0.15, 0.2) is 0 Å². The monoisotopic (exact) mass is 209 g/mol. The standard InChI is InChI=1S/C11H15NOS/c1-14-11-5-3-2-4-10(11)13-9-6-7-12-8-9/h2-5,9,12H,6-8H2,1H3/t9-/m1/s1. The van der Waals surface area contributed by atoms with E-state index in [1.165, 1.54) is 4.90 Å². The molecule has 1 aliphatic heterocycles. The van der Waals surface area contributed by atoms with E-state index in [0.29, 0.717) is 6.10 Å². The quantitative estimate of drug-likeness (QED) is 0.771. The van der Waals surface area contributed by atoms with Gasteiger partial charge in [0.25, 0.3) is 0 Å². The van der Waals surface area contributed by atoms with Crippen molar-refractivity contribution in [3.05, 3.63) is 24.3 Å². The Kier molecular flexibility index (Phi) is 3.32. The molecule has 0 radical (unpaired) electrons. The van der Waals surface area contributed by atoms with Gasteiger partial charge >= 0.3 is 0 Å². The molecule has 1 N–H and O–H groups in total. The predicted octanol–water partition coefficient (Wildman–Crippen LogP) is 2.15. The Balaban J connectivity index is 2.07. The number of hydrogen-bond donors (Lipinski definition) is 1. The van der Waals surface area contributed by atoms with Crippen LogP contribution in [0.4, 0.5) is 0 Å². The van der Waals surface area contributed by atoms with E-state index in [4.69, 9.17) is 4.74 Å². The highest BCUT2D eigenvalue weighted by molar-refractivity contribution is 7.98. The average Bonchev–Trinajstić information content (AvgIpc) is 2.71. The van der Waals surface area contributed by atoms with Crippen LogP contribution in [0.25, 0.3) is 0 Å². The van der Waals surface area contributed by atoms with Crippen molar-refractivity contribution >= 4 is 11.8 Å². The van der Waals surface area contributed by atoms with E-state index in [0.717, 1.165) is 25.3 Å². The Morgan fingerprint density at radius 3 is 3.00 bits per heavy atom. The molecule has 1 fully saturated rings. The Labute approximate surface area is 89.0 Å². The van der Waals surface area contributed by atoms with Crippen LogP contribution in [0, 0.1) is 0 Å². The fourth-order valence-corrected chi connectivity index (χ4v) is 2.16. The minimum absolute atomic E-state index is 0.350. The Hall–Kier alpha value is -0.670. The van der Waals surface area contributed by atoms with Gasteiger partial charge in [0.1, 0.15) is 11.9 Å². The molecule has 76 valence electrons. The number of nitrogens with one attached hydrogen (secondary N) is 1. The first-order valence-corrected chi connectivity index (χ1v) is 6.13. The summed E-state index contributed by atoms with van der Waals surface area (Å²) in [6, 6.07) is 8.22. The summed E-state index contributed by atoms with van der Waals surface area (Å²) in [5, 5.41) is 3.30. The Morgan fingerprint density at radius 2 is 2.29 bits per heavy atom. The molecule has 2 rings (SSSR count). The van der Waals surface area contributed by atoms with E-state index in [9.17, 15) is 0 Å². The molecule has 1 aromatic rings. The second kappa shape index (κ2) is 4.71. The normalized spacial score (nSPS) is 21.1. The van der Waals surface area contributed by atoms with Crippen LogP contribution in [-0.4, -0.2) is 25.4 Å². The zero-order valence-corrected chi connectivity index (χ0v) is 9.14. The van der Waals surface area contributed by atoms with E-state index >= 15 is 0 Å². The van der Waals surface area contributed by atoms with Crippen LogP contribution in [-0.2, 0) is 0 Å². The van der Waals surface area contributed by atoms with Gasteiger partial charge in [-0.3, -0.25) is 0 Å². The third-order valence-electron chi connectivity index (χ3n) is 2.38. The van der Waals surface area contributed by atoms with Crippen molar-refractivity contribution in [1.29, 1.82) is 0 Å². The molecule has 1 heterocycles. The van der Waals surface area contributed by atoms with Gasteiger partial charge in [0.2, 0.25) is 0 Å². The van der Waals surface area contributed by atoms with Crippen LogP contribution >= 0.6 is 11.8 Å². The molecular weight excluding hydrogens is 194 g/mol. The summed E-state index contributed by atoms with van der Waals surface area (Å²) < 4.78 is 5.91. The summed E-state index contributed by atoms with van der Waals surface area (Å²) in [4.78, 5) is 1.22. The highest BCUT2D eigenvalue weighted by Crippen LogP contribution is 2.28. The molecule has 0 amide bonds. The van der Waals surface area contributed by atoms with Gasteiger partial charge in [-0.1, -0.05) is 12.1 Å². The van der Waals surface area contributed by atoms with Crippen LogP contribution in [0.3, 0.4) is 0 Å². The van der Waals surface area contributed by atoms with Crippen LogP contribution < -0.4 is 10.1 Å². The molecule has 2 nitrogen and oxygen atoms in total. The van der Waals surface area contributed by atoms with Crippen molar-refractivity contribution in [1.82, 2.24) is 5.32 Å². The molecule has 3 heteroatoms. The van der Waals surface area contributed by atoms with Gasteiger partial charge < -0.3 is 10.1 Å². The summed E-state index contributed by atoms with van der Waals surface area (Å²) in [5.41, 5.74) is 0. The van der Waals surface area contributed by atoms with E-state index < -0.39 is 0 Å². The lowest BCUT2D eigenvalue weighted by Gasteiger charge is -2.14. The molecule has 0 bridgehead atoms. The van der Waals surface area contributed by atoms with E-state index in [1.54, 1.807) is 11.8 Å². The summed E-state index contributed by atoms with van der Waals surface area (Å²) >= 11 is 1.73. The number of ether oxygens (including phenoxy) is 1. The number of thioether (sulfide) groups is 1. The van der Waals surface area contributed by atoms with Crippen LogP contribution in [0.2, 0.25) is 0 Å². The summed E-state index contributed by atoms with van der Waals surface area (Å²) in [6.07, 6.45) is 3.54. The van der Waals surface area contributed by atoms with Crippen LogP contribution in [0.15, 0.2) is 29.2 Å². The van der Waals surface area contributed by atoms with E-state index in [2.05, 4.69) is 17.6 Å². The molecule has 14 heavy (non-hydrogen) atoms. The zero-order valence-electron chi connectivity index (χ0n) is 8.32. The summed E-state index contributed by atoms with van der Waals surface area (Å²) in [6.45, 7) is 2.05. The number of benzene rings is 1. The molecule has 1 atom stereocenters. The van der Waals surface area contributed by atoms with Gasteiger partial charge in [-0.2, -0.15) is 0 Å². The van der Waals surface area contributed by atoms with Crippen molar-refractivity contribution in [2.24, 2.45) is 0 Å². The van der Waals surface area contributed by atoms with Crippen LogP contribution in [0.5, 0.6) is 5.75 Å². The second-order valence-electron chi connectivity index (χ2n) is 3.38. The van der Waals surface area contributed by atoms with Gasteiger partial charge in [-0.15, -0.1) is 11.8 Å². The third kappa shape index (κ3) is 2.22. The topological polar surface area (TPSA) is 21.3 Å². The lowest BCUT2D eigenvalue weighted by molar-refractivity contribution is 0.217. The maximum atomic E-state index is 5.91. The molecular formula is C11H15NOS. The third-order valence-corrected chi connectivity index (χ3v) is 3.15. The molecule has 0 aliphatic carbocycles. The van der Waals surface area contributed by atoms with Crippen molar-refractivity contribution in [3.8, 4) is 5.75 Å². The highest BCUT2D eigenvalue weighted by atomic mass is 32.2. The van der Waals surface area contributed by atoms with Crippen molar-refractivity contribution in [3.63, 3.8) is 0 Å². The average molecular weight is 209 g/mol. The fraction of sp³-hybridized carbons (Fsp3) is 0.455. The minimum Gasteiger partial charge on any atom is -0.488 e. The number of rotatable bonds is 3. The first-order chi connectivity index (χ1) is 6.90. The molecule has 1 aromatic carbocycles. The van der Waals surface area contributed by atoms with Crippen LogP contribution in [0.1, 0.15) is 6.42 Å². The predicted molar refractivity (Wildman–Crippen MR) is 60.1 cm³/mol. The minimum atomic E-state index is 0.350. The zero-order chi connectivity index (χ0) is 9.80. The number of hydrogen-bond acceptors (Lipinski definition) is 3. The van der Waals surface area contributed by atoms with Crippen molar-refractivity contribution in [2.75, 3.05) is 19.3 Å². The van der Waals surface area contributed by atoms with Crippen molar-refractivity contribution in [2.45, 2.75) is 17.4 Å². The molecule has 1 aliphatic rings. The van der Waals surface area contributed by atoms with Gasteiger partial charge in [0, 0.05) is 11.4 Å². The van der Waals surface area contributed by atoms with E-state index in [-0.39, 0.29) is 0 Å². The first-order valence-electron chi connectivity index (χ1n) is 4.90. The SMILES string of the molecule is CSc1ccccc1O[C@@H]1CCNC1. The lowest BCUT2D eigenvalue weighted by atomic mass is 10.3. The van der Waals surface area contributed by atoms with Gasteiger partial charge in [0.05, 0.1) is 0 Å². The Morgan fingerprint density at radius 1 is 1.43 bits per heavy atom. The maximum Gasteiger partial charge on any atom is 0.133 e. The molecule has 0 aromatic heterocycles. The highest BCUT2D eigenvalue weighted by Gasteiger charge is 2.16. The number of para-hydroxylation sites is 1. The Bertz CT molecular complexity index is 297. The molecule has 0 unspecified atom stereocenters. The summed E-state index contributed by atoms with van der Waals surface area (Å²) in [5.74, 6) is 1.02. The maximum absolute atomic E-state index is 5.91.